The van der Waals surface area contributed by atoms with Gasteiger partial charge in [-0.25, -0.2) is 14.4 Å². The van der Waals surface area contributed by atoms with E-state index in [0.29, 0.717) is 17.2 Å². The Balaban J connectivity index is 1.64. The van der Waals surface area contributed by atoms with Gasteiger partial charge in [-0.15, -0.1) is 0 Å². The Hall–Kier alpha value is -3.07. The Morgan fingerprint density at radius 2 is 2.00 bits per heavy atom. The van der Waals surface area contributed by atoms with E-state index < -0.39 is 5.82 Å². The van der Waals surface area contributed by atoms with Gasteiger partial charge in [0.2, 0.25) is 5.91 Å². The fourth-order valence-electron chi connectivity index (χ4n) is 3.81. The van der Waals surface area contributed by atoms with E-state index in [0.717, 1.165) is 55.6 Å². The molecule has 2 aromatic carbocycles. The van der Waals surface area contributed by atoms with Crippen molar-refractivity contribution in [1.29, 1.82) is 0 Å². The van der Waals surface area contributed by atoms with E-state index in [2.05, 4.69) is 44.0 Å². The second-order valence-electron chi connectivity index (χ2n) is 8.09. The highest BCUT2D eigenvalue weighted by atomic mass is 35.5. The SMILES string of the molecule is C=CC(=O)Nc1cc2c(Nc3ccc(F)c(Cl)c3)ncnc2cc1CCN1CCN(C)CC1. The lowest BCUT2D eigenvalue weighted by atomic mass is 10.0. The average molecular weight is 469 g/mol. The zero-order valence-electron chi connectivity index (χ0n) is 18.4. The number of carbonyl (C=O) groups is 1. The number of carbonyl (C=O) groups excluding carboxylic acids is 1. The summed E-state index contributed by atoms with van der Waals surface area (Å²) in [6.45, 7) is 8.59. The van der Waals surface area contributed by atoms with Gasteiger partial charge in [-0.2, -0.15) is 0 Å². The molecule has 0 spiro atoms. The van der Waals surface area contributed by atoms with Crippen molar-refractivity contribution < 1.29 is 9.18 Å². The number of hydrogen-bond donors (Lipinski definition) is 2. The maximum atomic E-state index is 13.5. The van der Waals surface area contributed by atoms with Gasteiger partial charge in [0, 0.05) is 49.5 Å². The highest BCUT2D eigenvalue weighted by Gasteiger charge is 2.16. The summed E-state index contributed by atoms with van der Waals surface area (Å²) in [6, 6.07) is 8.22. The molecule has 33 heavy (non-hydrogen) atoms. The number of rotatable bonds is 7. The number of benzene rings is 2. The first-order chi connectivity index (χ1) is 15.9. The van der Waals surface area contributed by atoms with Crippen LogP contribution in [0, 0.1) is 5.82 Å². The summed E-state index contributed by atoms with van der Waals surface area (Å²) in [5.41, 5.74) is 3.02. The molecule has 0 aliphatic carbocycles. The molecule has 4 rings (SSSR count). The van der Waals surface area contributed by atoms with Crippen LogP contribution < -0.4 is 10.6 Å². The van der Waals surface area contributed by atoms with Crippen molar-refractivity contribution >= 4 is 45.6 Å². The Bertz CT molecular complexity index is 1180. The smallest absolute Gasteiger partial charge is 0.247 e. The Morgan fingerprint density at radius 3 is 2.73 bits per heavy atom. The number of halogens is 2. The van der Waals surface area contributed by atoms with E-state index in [1.54, 1.807) is 6.07 Å². The van der Waals surface area contributed by atoms with Gasteiger partial charge in [-0.1, -0.05) is 18.2 Å². The van der Waals surface area contributed by atoms with Crippen LogP contribution in [0.3, 0.4) is 0 Å². The first-order valence-corrected chi connectivity index (χ1v) is 11.1. The van der Waals surface area contributed by atoms with Crippen molar-refractivity contribution in [2.45, 2.75) is 6.42 Å². The van der Waals surface area contributed by atoms with Crippen LogP contribution in [-0.4, -0.2) is 65.4 Å². The van der Waals surface area contributed by atoms with Gasteiger partial charge in [0.25, 0.3) is 0 Å². The largest absolute Gasteiger partial charge is 0.340 e. The Kier molecular flexibility index (Phi) is 7.17. The van der Waals surface area contributed by atoms with Crippen LogP contribution in [0.1, 0.15) is 5.56 Å². The van der Waals surface area contributed by atoms with E-state index in [1.807, 2.05) is 12.1 Å². The minimum atomic E-state index is -0.492. The molecular weight excluding hydrogens is 443 g/mol. The lowest BCUT2D eigenvalue weighted by Crippen LogP contribution is -2.45. The van der Waals surface area contributed by atoms with Crippen LogP contribution in [0.5, 0.6) is 0 Å². The summed E-state index contributed by atoms with van der Waals surface area (Å²) >= 11 is 5.91. The van der Waals surface area contributed by atoms with Crippen LogP contribution in [0.4, 0.5) is 21.6 Å². The molecule has 1 fully saturated rings. The third-order valence-electron chi connectivity index (χ3n) is 5.78. The molecule has 1 aliphatic heterocycles. The lowest BCUT2D eigenvalue weighted by molar-refractivity contribution is -0.111. The second kappa shape index (κ2) is 10.2. The monoisotopic (exact) mass is 468 g/mol. The van der Waals surface area contributed by atoms with Gasteiger partial charge in [-0.3, -0.25) is 4.79 Å². The third-order valence-corrected chi connectivity index (χ3v) is 6.07. The van der Waals surface area contributed by atoms with Gasteiger partial charge in [0.05, 0.1) is 10.5 Å². The van der Waals surface area contributed by atoms with Gasteiger partial charge < -0.3 is 20.4 Å². The number of likely N-dealkylation sites (N-methyl/N-ethyl adjacent to an activating group) is 1. The zero-order valence-corrected chi connectivity index (χ0v) is 19.2. The molecule has 0 radical (unpaired) electrons. The molecule has 0 atom stereocenters. The average Bonchev–Trinajstić information content (AvgIpc) is 2.81. The van der Waals surface area contributed by atoms with E-state index in [4.69, 9.17) is 11.6 Å². The Labute approximate surface area is 197 Å². The van der Waals surface area contributed by atoms with Crippen LogP contribution in [0.25, 0.3) is 10.9 Å². The van der Waals surface area contributed by atoms with Crippen LogP contribution in [-0.2, 0) is 11.2 Å². The molecule has 3 aromatic rings. The van der Waals surface area contributed by atoms with E-state index in [9.17, 15) is 9.18 Å². The van der Waals surface area contributed by atoms with E-state index in [1.165, 1.54) is 24.5 Å². The van der Waals surface area contributed by atoms with Crippen LogP contribution in [0.2, 0.25) is 5.02 Å². The number of anilines is 3. The molecule has 2 heterocycles. The molecule has 0 saturated carbocycles. The number of piperazine rings is 1. The summed E-state index contributed by atoms with van der Waals surface area (Å²) in [6.07, 6.45) is 3.49. The molecule has 9 heteroatoms. The number of nitrogens with zero attached hydrogens (tertiary/aromatic N) is 4. The topological polar surface area (TPSA) is 73.4 Å². The molecule has 7 nitrogen and oxygen atoms in total. The third kappa shape index (κ3) is 5.65. The molecule has 0 unspecified atom stereocenters. The minimum Gasteiger partial charge on any atom is -0.340 e. The first kappa shape index (κ1) is 23.1. The summed E-state index contributed by atoms with van der Waals surface area (Å²) < 4.78 is 13.5. The molecular formula is C24H26ClFN6O. The summed E-state index contributed by atoms with van der Waals surface area (Å²) in [7, 11) is 2.13. The summed E-state index contributed by atoms with van der Waals surface area (Å²) in [4.78, 5) is 25.6. The fraction of sp³-hybridized carbons (Fsp3) is 0.292. The zero-order chi connectivity index (χ0) is 23.4. The van der Waals surface area contributed by atoms with E-state index in [-0.39, 0.29) is 10.9 Å². The standard InChI is InChI=1S/C24H26ClFN6O/c1-3-23(33)30-21-14-18-22(12-16(21)6-7-32-10-8-31(2)9-11-32)27-15-28-24(18)29-17-4-5-20(26)19(25)13-17/h3-5,12-15H,1,6-11H2,2H3,(H,30,33)(H,27,28,29). The van der Waals surface area contributed by atoms with Crippen molar-refractivity contribution in [3.8, 4) is 0 Å². The molecule has 1 saturated heterocycles. The van der Waals surface area contributed by atoms with Gasteiger partial charge >= 0.3 is 0 Å². The predicted octanol–water partition coefficient (Wildman–Crippen LogP) is 4.08. The van der Waals surface area contributed by atoms with Crippen molar-refractivity contribution in [2.75, 3.05) is 50.4 Å². The maximum absolute atomic E-state index is 13.5. The molecule has 172 valence electrons. The van der Waals surface area contributed by atoms with Crippen LogP contribution >= 0.6 is 11.6 Å². The van der Waals surface area contributed by atoms with Crippen molar-refractivity contribution in [3.05, 3.63) is 65.7 Å². The van der Waals surface area contributed by atoms with Crippen molar-refractivity contribution in [1.82, 2.24) is 19.8 Å². The molecule has 1 aliphatic rings. The highest BCUT2D eigenvalue weighted by molar-refractivity contribution is 6.31. The molecule has 1 aromatic heterocycles. The minimum absolute atomic E-state index is 0.0171. The highest BCUT2D eigenvalue weighted by Crippen LogP contribution is 2.30. The van der Waals surface area contributed by atoms with Gasteiger partial charge in [-0.05, 0) is 55.4 Å². The number of nitrogens with one attached hydrogen (secondary N) is 2. The maximum Gasteiger partial charge on any atom is 0.247 e. The van der Waals surface area contributed by atoms with Gasteiger partial charge in [0.1, 0.15) is 18.0 Å². The number of aromatic nitrogens is 2. The number of hydrogen-bond acceptors (Lipinski definition) is 6. The second-order valence-corrected chi connectivity index (χ2v) is 8.50. The molecule has 0 bridgehead atoms. The van der Waals surface area contributed by atoms with Crippen molar-refractivity contribution in [2.24, 2.45) is 0 Å². The first-order valence-electron chi connectivity index (χ1n) is 10.8. The summed E-state index contributed by atoms with van der Waals surface area (Å²) in [5.74, 6) is -0.247. The van der Waals surface area contributed by atoms with Crippen molar-refractivity contribution in [3.63, 3.8) is 0 Å². The van der Waals surface area contributed by atoms with E-state index >= 15 is 0 Å². The summed E-state index contributed by atoms with van der Waals surface area (Å²) in [5, 5.41) is 6.83. The quantitative estimate of drug-likeness (QED) is 0.509. The number of fused-ring (bicyclic) bond motifs is 1. The Morgan fingerprint density at radius 1 is 1.21 bits per heavy atom. The lowest BCUT2D eigenvalue weighted by Gasteiger charge is -2.32. The normalized spacial score (nSPS) is 14.9. The molecule has 2 N–H and O–H groups in total. The number of amides is 1. The van der Waals surface area contributed by atoms with Gasteiger partial charge in [0.15, 0.2) is 0 Å². The molecule has 1 amide bonds. The van der Waals surface area contributed by atoms with Crippen LogP contribution in [0.15, 0.2) is 49.3 Å². The predicted molar refractivity (Wildman–Crippen MR) is 131 cm³/mol. The fourth-order valence-corrected chi connectivity index (χ4v) is 3.99.